The van der Waals surface area contributed by atoms with Gasteiger partial charge in [-0.25, -0.2) is 18.1 Å². The molecule has 6 rings (SSSR count). The largest absolute Gasteiger partial charge is 0.442 e. The molecule has 15 heteroatoms. The molecule has 0 N–H and O–H groups in total. The highest BCUT2D eigenvalue weighted by atomic mass is 32.2. The van der Waals surface area contributed by atoms with Crippen LogP contribution in [0.2, 0.25) is 25.7 Å². The molecule has 3 aromatic heterocycles. The predicted molar refractivity (Wildman–Crippen MR) is 182 cm³/mol. The molecule has 1 aliphatic carbocycles. The van der Waals surface area contributed by atoms with Crippen LogP contribution in [0.1, 0.15) is 40.5 Å². The molecule has 2 aromatic carbocycles. The van der Waals surface area contributed by atoms with Crippen molar-refractivity contribution in [3.63, 3.8) is 0 Å². The van der Waals surface area contributed by atoms with Crippen LogP contribution in [0.5, 0.6) is 0 Å². The number of rotatable bonds is 11. The summed E-state index contributed by atoms with van der Waals surface area (Å²) < 4.78 is 44.0. The van der Waals surface area contributed by atoms with E-state index in [0.29, 0.717) is 58.8 Å². The van der Waals surface area contributed by atoms with E-state index in [0.717, 1.165) is 17.2 Å². The minimum Gasteiger partial charge on any atom is -0.442 e. The van der Waals surface area contributed by atoms with Crippen molar-refractivity contribution in [2.24, 2.45) is 0 Å². The molecule has 248 valence electrons. The molecule has 3 heterocycles. The Labute approximate surface area is 279 Å². The monoisotopic (exact) mass is 685 g/mol. The minimum absolute atomic E-state index is 0.173. The smallest absolute Gasteiger partial charge is 0.289 e. The van der Waals surface area contributed by atoms with Gasteiger partial charge in [0.2, 0.25) is 0 Å². The summed E-state index contributed by atoms with van der Waals surface area (Å²) in [5.74, 6) is 0.384. The lowest BCUT2D eigenvalue weighted by atomic mass is 10.0. The van der Waals surface area contributed by atoms with Crippen LogP contribution >= 0.6 is 0 Å². The van der Waals surface area contributed by atoms with Gasteiger partial charge in [0.05, 0.1) is 45.3 Å². The molecule has 1 atom stereocenters. The van der Waals surface area contributed by atoms with Crippen molar-refractivity contribution in [3.8, 4) is 17.5 Å². The summed E-state index contributed by atoms with van der Waals surface area (Å²) >= 11 is 0. The van der Waals surface area contributed by atoms with Gasteiger partial charge in [0.25, 0.3) is 15.7 Å². The van der Waals surface area contributed by atoms with E-state index in [4.69, 9.17) is 19.2 Å². The van der Waals surface area contributed by atoms with Gasteiger partial charge in [-0.15, -0.1) is 0 Å². The number of nitriles is 1. The average Bonchev–Trinajstić information content (AvgIpc) is 3.79. The van der Waals surface area contributed by atoms with Crippen LogP contribution in [0.15, 0.2) is 64.4 Å². The highest BCUT2D eigenvalue weighted by Gasteiger charge is 2.41. The van der Waals surface area contributed by atoms with Crippen molar-refractivity contribution in [1.29, 1.82) is 5.26 Å². The second-order valence-corrected chi connectivity index (χ2v) is 20.4. The first-order chi connectivity index (χ1) is 22.8. The molecule has 0 radical (unpaired) electrons. The van der Waals surface area contributed by atoms with Gasteiger partial charge in [0.1, 0.15) is 18.5 Å². The molecule has 0 saturated carbocycles. The summed E-state index contributed by atoms with van der Waals surface area (Å²) in [4.78, 5) is 19.7. The summed E-state index contributed by atoms with van der Waals surface area (Å²) in [5.41, 5.74) is 3.87. The van der Waals surface area contributed by atoms with E-state index in [-0.39, 0.29) is 12.4 Å². The van der Waals surface area contributed by atoms with Crippen molar-refractivity contribution in [2.45, 2.75) is 70.0 Å². The molecular formula is C33H35N7O6SSi. The molecule has 13 nitrogen and oxygen atoms in total. The molecule has 0 bridgehead atoms. The molecule has 5 aromatic rings. The van der Waals surface area contributed by atoms with Crippen molar-refractivity contribution in [1.82, 2.24) is 19.7 Å². The molecule has 1 unspecified atom stereocenters. The number of aromatic nitrogens is 4. The second-order valence-electron chi connectivity index (χ2n) is 13.0. The number of nitro benzene ring substituents is 1. The van der Waals surface area contributed by atoms with Gasteiger partial charge in [-0.1, -0.05) is 31.8 Å². The van der Waals surface area contributed by atoms with Crippen molar-refractivity contribution in [3.05, 3.63) is 93.2 Å². The van der Waals surface area contributed by atoms with Crippen LogP contribution < -0.4 is 4.31 Å². The maximum atomic E-state index is 14.7. The number of anilines is 1. The number of sulfonamides is 1. The van der Waals surface area contributed by atoms with Crippen molar-refractivity contribution >= 4 is 40.4 Å². The van der Waals surface area contributed by atoms with E-state index in [2.05, 4.69) is 30.7 Å². The Kier molecular flexibility index (Phi) is 8.67. The molecule has 0 amide bonds. The molecule has 48 heavy (non-hydrogen) atoms. The van der Waals surface area contributed by atoms with Gasteiger partial charge in [0, 0.05) is 26.1 Å². The Morgan fingerprint density at radius 3 is 2.67 bits per heavy atom. The molecule has 0 saturated heterocycles. The van der Waals surface area contributed by atoms with Crippen LogP contribution in [-0.4, -0.2) is 47.8 Å². The lowest BCUT2D eigenvalue weighted by Crippen LogP contribution is -2.35. The van der Waals surface area contributed by atoms with Gasteiger partial charge in [-0.3, -0.25) is 19.4 Å². The number of pyridine rings is 1. The Hall–Kier alpha value is -4.91. The highest BCUT2D eigenvalue weighted by molar-refractivity contribution is 7.93. The first-order valence-electron chi connectivity index (χ1n) is 15.5. The summed E-state index contributed by atoms with van der Waals surface area (Å²) in [6.07, 6.45) is 3.66. The average molecular weight is 686 g/mol. The van der Waals surface area contributed by atoms with Gasteiger partial charge < -0.3 is 9.15 Å². The third-order valence-corrected chi connectivity index (χ3v) is 12.2. The van der Waals surface area contributed by atoms with E-state index in [1.165, 1.54) is 41.2 Å². The third-order valence-electron chi connectivity index (χ3n) is 8.63. The summed E-state index contributed by atoms with van der Waals surface area (Å²) in [5, 5.41) is 27.2. The third kappa shape index (κ3) is 5.98. The summed E-state index contributed by atoms with van der Waals surface area (Å²) in [7, 11) is -5.87. The number of hydrogen-bond acceptors (Lipinski definition) is 10. The van der Waals surface area contributed by atoms with E-state index < -0.39 is 39.6 Å². The molecule has 0 aliphatic heterocycles. The van der Waals surface area contributed by atoms with E-state index in [1.54, 1.807) is 29.8 Å². The quantitative estimate of drug-likeness (QED) is 0.0632. The zero-order valence-corrected chi connectivity index (χ0v) is 29.1. The number of aryl methyl sites for hydroxylation is 1. The Balaban J connectivity index is 1.54. The fraction of sp³-hybridized carbons (Fsp3) is 0.333. The normalized spacial score (nSPS) is 14.6. The Bertz CT molecular complexity index is 2190. The van der Waals surface area contributed by atoms with Crippen LogP contribution in [0, 0.1) is 35.3 Å². The van der Waals surface area contributed by atoms with Crippen LogP contribution in [0.4, 0.5) is 11.4 Å². The Morgan fingerprint density at radius 2 is 1.98 bits per heavy atom. The van der Waals surface area contributed by atoms with Crippen LogP contribution in [0.25, 0.3) is 22.4 Å². The minimum atomic E-state index is -4.55. The molecule has 0 spiro atoms. The number of hydrogen-bond donors (Lipinski definition) is 0. The predicted octanol–water partition coefficient (Wildman–Crippen LogP) is 6.68. The second kappa shape index (κ2) is 12.6. The fourth-order valence-electron chi connectivity index (χ4n) is 6.19. The zero-order chi connectivity index (χ0) is 34.4. The van der Waals surface area contributed by atoms with Gasteiger partial charge in [-0.05, 0) is 68.1 Å². The van der Waals surface area contributed by atoms with Gasteiger partial charge in [0.15, 0.2) is 17.0 Å². The first-order valence-corrected chi connectivity index (χ1v) is 20.6. The fourth-order valence-corrected chi connectivity index (χ4v) is 8.74. The number of nitro groups is 1. The molecule has 1 aliphatic rings. The zero-order valence-electron chi connectivity index (χ0n) is 27.3. The number of nitrogens with zero attached hydrogens (tertiary/aromatic N) is 7. The SMILES string of the molecule is Cc1nc2c(c(C)c1C#N)CCC2N(c1ccc2c(c1)c(-c1cnco1)nn2COCC[Si](C)(C)C)S(=O)(=O)c1ccccc1[N+](=O)[O-]. The topological polar surface area (TPSA) is 170 Å². The number of fused-ring (bicyclic) bond motifs is 2. The van der Waals surface area contributed by atoms with Gasteiger partial charge in [-0.2, -0.15) is 10.4 Å². The maximum Gasteiger partial charge on any atom is 0.289 e. The number of oxazole rings is 1. The van der Waals surface area contributed by atoms with Crippen molar-refractivity contribution in [2.75, 3.05) is 10.9 Å². The number of ether oxygens (including phenoxy) is 1. The first kappa shape index (κ1) is 33.0. The van der Waals surface area contributed by atoms with Crippen LogP contribution in [0.3, 0.4) is 0 Å². The van der Waals surface area contributed by atoms with Gasteiger partial charge >= 0.3 is 0 Å². The standard InChI is InChI=1S/C33H35N7O6SSi/c1-21-24-11-13-29(32(24)36-22(2)26(21)17-34)39(47(43,44)31-9-7-6-8-28(31)40(41)42)23-10-12-27-25(16-23)33(30-18-35-19-46-30)37-38(27)20-45-14-15-48(3,4)5/h6-10,12,16,18-19,29H,11,13-15,20H2,1-5H3. The summed E-state index contributed by atoms with van der Waals surface area (Å²) in [6.45, 7) is 11.1. The number of para-hydroxylation sites is 1. The van der Waals surface area contributed by atoms with E-state index >= 15 is 0 Å². The lowest BCUT2D eigenvalue weighted by molar-refractivity contribution is -0.387. The maximum absolute atomic E-state index is 14.7. The van der Waals surface area contributed by atoms with E-state index in [9.17, 15) is 23.8 Å². The lowest BCUT2D eigenvalue weighted by Gasteiger charge is -2.30. The Morgan fingerprint density at radius 1 is 1.21 bits per heavy atom. The number of benzene rings is 2. The molecular weight excluding hydrogens is 651 g/mol. The van der Waals surface area contributed by atoms with E-state index in [1.807, 2.05) is 6.92 Å². The van der Waals surface area contributed by atoms with Crippen LogP contribution in [-0.2, 0) is 27.9 Å². The highest BCUT2D eigenvalue weighted by Crippen LogP contribution is 2.45. The summed E-state index contributed by atoms with van der Waals surface area (Å²) in [6, 6.07) is 12.8. The molecule has 0 fully saturated rings. The van der Waals surface area contributed by atoms with Crippen molar-refractivity contribution < 1.29 is 22.5 Å².